The van der Waals surface area contributed by atoms with Crippen LogP contribution in [0.2, 0.25) is 0 Å². The van der Waals surface area contributed by atoms with Gasteiger partial charge in [0.05, 0.1) is 22.0 Å². The number of fused-ring (bicyclic) bond motifs is 1. The van der Waals surface area contributed by atoms with Gasteiger partial charge in [0.15, 0.2) is 6.61 Å². The maximum absolute atomic E-state index is 13.0. The predicted molar refractivity (Wildman–Crippen MR) is 118 cm³/mol. The van der Waals surface area contributed by atoms with Crippen molar-refractivity contribution in [2.45, 2.75) is 13.3 Å². The maximum Gasteiger partial charge on any atom is 0.312 e. The Morgan fingerprint density at radius 1 is 1.33 bits per heavy atom. The van der Waals surface area contributed by atoms with Gasteiger partial charge in [0.2, 0.25) is 5.75 Å². The molecular weight excluding hydrogens is 522 g/mol. The Bertz CT molecular complexity index is 1280. The number of halogens is 2. The van der Waals surface area contributed by atoms with Crippen LogP contribution in [0.4, 0.5) is 5.69 Å². The highest BCUT2D eigenvalue weighted by Gasteiger charge is 2.20. The summed E-state index contributed by atoms with van der Waals surface area (Å²) in [6.45, 7) is 1.46. The van der Waals surface area contributed by atoms with E-state index in [1.54, 1.807) is 30.3 Å². The van der Waals surface area contributed by atoms with Gasteiger partial charge in [0, 0.05) is 27.0 Å². The van der Waals surface area contributed by atoms with Crippen LogP contribution in [0.5, 0.6) is 5.75 Å². The molecule has 1 aromatic heterocycles. The average Bonchev–Trinajstić information content (AvgIpc) is 2.72. The number of nitro groups is 1. The Balaban J connectivity index is 2.19. The fourth-order valence-corrected chi connectivity index (χ4v) is 3.58. The zero-order valence-corrected chi connectivity index (χ0v) is 18.7. The lowest BCUT2D eigenvalue weighted by molar-refractivity contribution is -0.385. The van der Waals surface area contributed by atoms with Gasteiger partial charge in [-0.25, -0.2) is 4.98 Å². The minimum absolute atomic E-state index is 0.115. The predicted octanol–water partition coefficient (Wildman–Crippen LogP) is 4.18. The standard InChI is InChI=1S/C19H13Br2N5O4/c1-2-17-24-15-4-3-12(20)8-14(15)19(27)25(17)23-10-11-7-13(21)9-16(26(28)29)18(11)30-6-5-22/h3-4,7-10H,2,6H2,1H3. The third-order valence-corrected chi connectivity index (χ3v) is 5.00. The molecule has 0 fully saturated rings. The second kappa shape index (κ2) is 9.15. The highest BCUT2D eigenvalue weighted by molar-refractivity contribution is 9.10. The Morgan fingerprint density at radius 2 is 2.10 bits per heavy atom. The van der Waals surface area contributed by atoms with Crippen molar-refractivity contribution in [3.05, 3.63) is 71.1 Å². The van der Waals surface area contributed by atoms with E-state index in [-0.39, 0.29) is 29.2 Å². The van der Waals surface area contributed by atoms with Crippen molar-refractivity contribution in [2.24, 2.45) is 5.10 Å². The molecule has 2 aromatic carbocycles. The molecule has 11 heteroatoms. The molecule has 0 atom stereocenters. The first-order valence-electron chi connectivity index (χ1n) is 8.59. The molecule has 3 rings (SSSR count). The van der Waals surface area contributed by atoms with Crippen LogP contribution < -0.4 is 10.3 Å². The molecule has 0 amide bonds. The fourth-order valence-electron chi connectivity index (χ4n) is 2.76. The molecule has 0 unspecified atom stereocenters. The Labute approximate surface area is 187 Å². The van der Waals surface area contributed by atoms with Crippen LogP contribution in [0.15, 0.2) is 49.2 Å². The minimum atomic E-state index is -0.618. The number of aryl methyl sites for hydroxylation is 1. The molecule has 0 bridgehead atoms. The van der Waals surface area contributed by atoms with Crippen LogP contribution in [-0.2, 0) is 6.42 Å². The molecule has 3 aromatic rings. The highest BCUT2D eigenvalue weighted by Crippen LogP contribution is 2.33. The van der Waals surface area contributed by atoms with Crippen LogP contribution in [0, 0.1) is 21.4 Å². The van der Waals surface area contributed by atoms with Crippen LogP contribution in [0.1, 0.15) is 18.3 Å². The van der Waals surface area contributed by atoms with Crippen LogP contribution >= 0.6 is 31.9 Å². The van der Waals surface area contributed by atoms with E-state index in [4.69, 9.17) is 10.00 Å². The van der Waals surface area contributed by atoms with E-state index in [0.717, 1.165) is 9.15 Å². The van der Waals surface area contributed by atoms with Crippen molar-refractivity contribution in [1.82, 2.24) is 9.66 Å². The van der Waals surface area contributed by atoms with Gasteiger partial charge in [-0.3, -0.25) is 14.9 Å². The molecule has 9 nitrogen and oxygen atoms in total. The first kappa shape index (κ1) is 21.6. The first-order chi connectivity index (χ1) is 14.3. The van der Waals surface area contributed by atoms with E-state index in [2.05, 4.69) is 41.9 Å². The lowest BCUT2D eigenvalue weighted by Crippen LogP contribution is -2.22. The number of nitro benzene ring substituents is 1. The molecule has 0 aliphatic rings. The molecule has 0 aliphatic carbocycles. The summed E-state index contributed by atoms with van der Waals surface area (Å²) in [7, 11) is 0. The van der Waals surface area contributed by atoms with E-state index in [1.165, 1.54) is 12.3 Å². The molecule has 30 heavy (non-hydrogen) atoms. The topological polar surface area (TPSA) is 123 Å². The van der Waals surface area contributed by atoms with E-state index in [1.807, 2.05) is 6.92 Å². The second-order valence-electron chi connectivity index (χ2n) is 5.95. The summed E-state index contributed by atoms with van der Waals surface area (Å²) in [5.41, 5.74) is 0.0698. The third-order valence-electron chi connectivity index (χ3n) is 4.04. The second-order valence-corrected chi connectivity index (χ2v) is 7.78. The van der Waals surface area contributed by atoms with Crippen molar-refractivity contribution >= 4 is 54.7 Å². The van der Waals surface area contributed by atoms with Gasteiger partial charge in [-0.2, -0.15) is 15.0 Å². The zero-order chi connectivity index (χ0) is 21.8. The monoisotopic (exact) mass is 533 g/mol. The average molecular weight is 535 g/mol. The van der Waals surface area contributed by atoms with E-state index < -0.39 is 4.92 Å². The lowest BCUT2D eigenvalue weighted by atomic mass is 10.2. The third kappa shape index (κ3) is 4.39. The van der Waals surface area contributed by atoms with Crippen LogP contribution in [0.3, 0.4) is 0 Å². The summed E-state index contributed by atoms with van der Waals surface area (Å²) in [6.07, 6.45) is 1.71. The summed E-state index contributed by atoms with van der Waals surface area (Å²) in [5.74, 6) is 0.311. The Morgan fingerprint density at radius 3 is 2.77 bits per heavy atom. The number of nitrogens with zero attached hydrogens (tertiary/aromatic N) is 5. The summed E-state index contributed by atoms with van der Waals surface area (Å²) in [6, 6.07) is 9.78. The van der Waals surface area contributed by atoms with Gasteiger partial charge in [-0.1, -0.05) is 38.8 Å². The molecule has 0 N–H and O–H groups in total. The molecule has 0 radical (unpaired) electrons. The number of hydrogen-bond donors (Lipinski definition) is 0. The maximum atomic E-state index is 13.0. The SMILES string of the molecule is CCc1nc2ccc(Br)cc2c(=O)n1N=Cc1cc(Br)cc([N+](=O)[O-])c1OCC#N. The zero-order valence-electron chi connectivity index (χ0n) is 15.5. The van der Waals surface area contributed by atoms with Crippen molar-refractivity contribution in [3.8, 4) is 11.8 Å². The van der Waals surface area contributed by atoms with Gasteiger partial charge in [0.1, 0.15) is 11.9 Å². The van der Waals surface area contributed by atoms with Crippen LogP contribution in [-0.4, -0.2) is 27.4 Å². The normalized spacial score (nSPS) is 11.0. The first-order valence-corrected chi connectivity index (χ1v) is 10.2. The van der Waals surface area contributed by atoms with Gasteiger partial charge in [-0.15, -0.1) is 0 Å². The summed E-state index contributed by atoms with van der Waals surface area (Å²) >= 11 is 6.56. The Kier molecular flexibility index (Phi) is 6.59. The number of benzene rings is 2. The number of aromatic nitrogens is 2. The lowest BCUT2D eigenvalue weighted by Gasteiger charge is -2.09. The number of nitriles is 1. The smallest absolute Gasteiger partial charge is 0.312 e. The number of hydrogen-bond acceptors (Lipinski definition) is 7. The van der Waals surface area contributed by atoms with Gasteiger partial charge in [-0.05, 0) is 24.3 Å². The van der Waals surface area contributed by atoms with E-state index >= 15 is 0 Å². The Hall–Kier alpha value is -3.10. The summed E-state index contributed by atoms with van der Waals surface area (Å²) < 4.78 is 7.56. The van der Waals surface area contributed by atoms with Gasteiger partial charge in [0.25, 0.3) is 5.56 Å². The largest absolute Gasteiger partial charge is 0.471 e. The molecule has 0 saturated carbocycles. The minimum Gasteiger partial charge on any atom is -0.471 e. The van der Waals surface area contributed by atoms with Crippen molar-refractivity contribution in [3.63, 3.8) is 0 Å². The summed E-state index contributed by atoms with van der Waals surface area (Å²) in [5, 5.41) is 24.8. The fraction of sp³-hybridized carbons (Fsp3) is 0.158. The molecule has 152 valence electrons. The quantitative estimate of drug-likeness (QED) is 0.265. The van der Waals surface area contributed by atoms with Crippen molar-refractivity contribution < 1.29 is 9.66 Å². The molecule has 1 heterocycles. The van der Waals surface area contributed by atoms with Gasteiger partial charge >= 0.3 is 5.69 Å². The number of ether oxygens (including phenoxy) is 1. The van der Waals surface area contributed by atoms with Crippen LogP contribution in [0.25, 0.3) is 10.9 Å². The molecule has 0 spiro atoms. The van der Waals surface area contributed by atoms with E-state index in [0.29, 0.717) is 27.6 Å². The van der Waals surface area contributed by atoms with Crippen molar-refractivity contribution in [2.75, 3.05) is 6.61 Å². The summed E-state index contributed by atoms with van der Waals surface area (Å²) in [4.78, 5) is 28.2. The highest BCUT2D eigenvalue weighted by atomic mass is 79.9. The van der Waals surface area contributed by atoms with Gasteiger partial charge < -0.3 is 4.74 Å². The number of rotatable bonds is 6. The molecule has 0 aliphatic heterocycles. The molecule has 0 saturated heterocycles. The molecular formula is C19H13Br2N5O4. The van der Waals surface area contributed by atoms with Crippen molar-refractivity contribution in [1.29, 1.82) is 5.26 Å². The van der Waals surface area contributed by atoms with E-state index in [9.17, 15) is 14.9 Å².